The third-order valence-electron chi connectivity index (χ3n) is 3.54. The van der Waals surface area contributed by atoms with Crippen LogP contribution < -0.4 is 15.4 Å². The van der Waals surface area contributed by atoms with Crippen molar-refractivity contribution in [3.8, 4) is 5.75 Å². The van der Waals surface area contributed by atoms with E-state index in [1.807, 2.05) is 0 Å². The van der Waals surface area contributed by atoms with Gasteiger partial charge in [-0.05, 0) is 30.7 Å². The van der Waals surface area contributed by atoms with Crippen molar-refractivity contribution in [2.45, 2.75) is 13.0 Å². The Bertz CT molecular complexity index is 826. The molecule has 0 aliphatic heterocycles. The number of benzene rings is 2. The molecule has 8 heteroatoms. The fourth-order valence-electron chi connectivity index (χ4n) is 2.22. The molecule has 0 saturated carbocycles. The predicted molar refractivity (Wildman–Crippen MR) is 99.6 cm³/mol. The van der Waals surface area contributed by atoms with Crippen LogP contribution in [0.15, 0.2) is 48.5 Å². The van der Waals surface area contributed by atoms with E-state index in [0.29, 0.717) is 16.3 Å². The molecular weight excluding hydrogens is 372 g/mol. The molecule has 7 nitrogen and oxygen atoms in total. The van der Waals surface area contributed by atoms with Crippen molar-refractivity contribution < 1.29 is 23.9 Å². The molecule has 142 valence electrons. The highest BCUT2D eigenvalue weighted by Crippen LogP contribution is 2.22. The number of aryl methyl sites for hydroxylation is 1. The molecule has 2 aromatic carbocycles. The molecule has 2 aromatic rings. The predicted octanol–water partition coefficient (Wildman–Crippen LogP) is 2.77. The van der Waals surface area contributed by atoms with Crippen LogP contribution in [0, 0.1) is 6.92 Å². The monoisotopic (exact) mass is 390 g/mol. The molecule has 0 spiro atoms. The number of rotatable bonds is 6. The summed E-state index contributed by atoms with van der Waals surface area (Å²) in [6.07, 6.45) is -1.29. The molecule has 0 bridgehead atoms. The van der Waals surface area contributed by atoms with E-state index < -0.39 is 30.6 Å². The van der Waals surface area contributed by atoms with Crippen LogP contribution >= 0.6 is 11.6 Å². The second-order valence-corrected chi connectivity index (χ2v) is 5.98. The van der Waals surface area contributed by atoms with Crippen LogP contribution in [0.2, 0.25) is 5.02 Å². The Morgan fingerprint density at radius 2 is 1.81 bits per heavy atom. The molecule has 0 aliphatic carbocycles. The van der Waals surface area contributed by atoms with Crippen LogP contribution in [0.25, 0.3) is 0 Å². The molecule has 1 atom stereocenters. The lowest BCUT2D eigenvalue weighted by Crippen LogP contribution is -2.41. The second kappa shape index (κ2) is 9.59. The van der Waals surface area contributed by atoms with Crippen LogP contribution in [-0.2, 0) is 14.3 Å². The summed E-state index contributed by atoms with van der Waals surface area (Å²) >= 11 is 5.88. The van der Waals surface area contributed by atoms with Gasteiger partial charge < -0.3 is 14.8 Å². The molecule has 0 saturated heterocycles. The lowest BCUT2D eigenvalue weighted by molar-refractivity contribution is -0.158. The standard InChI is InChI=1S/C19H19ClN2O5/c1-12-10-14(20)8-9-15(12)26-11-16(23)27-17(13-6-4-3-5-7-13)18(24)22-19(25)21-2/h3-10,17H,11H2,1-2H3,(H2,21,22,24,25)/t17-/m0/s1. The van der Waals surface area contributed by atoms with Gasteiger partial charge in [0.1, 0.15) is 5.75 Å². The van der Waals surface area contributed by atoms with Crippen LogP contribution in [-0.4, -0.2) is 31.6 Å². The maximum atomic E-state index is 12.3. The van der Waals surface area contributed by atoms with Crippen molar-refractivity contribution in [2.75, 3.05) is 13.7 Å². The molecule has 0 unspecified atom stereocenters. The zero-order chi connectivity index (χ0) is 19.8. The smallest absolute Gasteiger partial charge is 0.345 e. The van der Waals surface area contributed by atoms with E-state index >= 15 is 0 Å². The van der Waals surface area contributed by atoms with Crippen LogP contribution in [0.5, 0.6) is 5.75 Å². The molecule has 2 N–H and O–H groups in total. The average molecular weight is 391 g/mol. The molecule has 0 aliphatic rings. The number of nitrogens with one attached hydrogen (secondary N) is 2. The second-order valence-electron chi connectivity index (χ2n) is 5.55. The maximum Gasteiger partial charge on any atom is 0.345 e. The highest BCUT2D eigenvalue weighted by atomic mass is 35.5. The van der Waals surface area contributed by atoms with Gasteiger partial charge in [0.05, 0.1) is 0 Å². The van der Waals surface area contributed by atoms with Gasteiger partial charge in [-0.25, -0.2) is 9.59 Å². The van der Waals surface area contributed by atoms with Gasteiger partial charge in [-0.1, -0.05) is 41.9 Å². The minimum atomic E-state index is -1.29. The molecule has 0 heterocycles. The van der Waals surface area contributed by atoms with Crippen molar-refractivity contribution in [3.05, 3.63) is 64.7 Å². The quantitative estimate of drug-likeness (QED) is 0.740. The SMILES string of the molecule is CNC(=O)NC(=O)[C@@H](OC(=O)COc1ccc(Cl)cc1C)c1ccccc1. The third kappa shape index (κ3) is 6.00. The molecule has 27 heavy (non-hydrogen) atoms. The minimum Gasteiger partial charge on any atom is -0.482 e. The van der Waals surface area contributed by atoms with Crippen molar-refractivity contribution >= 4 is 29.5 Å². The first-order valence-corrected chi connectivity index (χ1v) is 8.44. The number of ether oxygens (including phenoxy) is 2. The number of imide groups is 1. The number of urea groups is 1. The van der Waals surface area contributed by atoms with Crippen LogP contribution in [0.4, 0.5) is 4.79 Å². The number of carbonyl (C=O) groups is 3. The van der Waals surface area contributed by atoms with Gasteiger partial charge >= 0.3 is 12.0 Å². The first kappa shape index (κ1) is 20.3. The number of amides is 3. The summed E-state index contributed by atoms with van der Waals surface area (Å²) in [7, 11) is 1.37. The van der Waals surface area contributed by atoms with E-state index in [-0.39, 0.29) is 0 Å². The Hall–Kier alpha value is -3.06. The summed E-state index contributed by atoms with van der Waals surface area (Å²) < 4.78 is 10.7. The largest absolute Gasteiger partial charge is 0.482 e. The third-order valence-corrected chi connectivity index (χ3v) is 3.77. The van der Waals surface area contributed by atoms with Gasteiger partial charge in [0.15, 0.2) is 6.61 Å². The van der Waals surface area contributed by atoms with Crippen LogP contribution in [0.3, 0.4) is 0 Å². The van der Waals surface area contributed by atoms with E-state index in [1.165, 1.54) is 7.05 Å². The summed E-state index contributed by atoms with van der Waals surface area (Å²) in [5, 5.41) is 4.92. The molecule has 0 radical (unpaired) electrons. The first-order valence-electron chi connectivity index (χ1n) is 8.06. The van der Waals surface area contributed by atoms with E-state index in [9.17, 15) is 14.4 Å². The first-order chi connectivity index (χ1) is 12.9. The van der Waals surface area contributed by atoms with Gasteiger partial charge in [-0.2, -0.15) is 0 Å². The van der Waals surface area contributed by atoms with E-state index in [0.717, 1.165) is 5.56 Å². The summed E-state index contributed by atoms with van der Waals surface area (Å²) in [6, 6.07) is 12.6. The van der Waals surface area contributed by atoms with Crippen LogP contribution in [0.1, 0.15) is 17.2 Å². The van der Waals surface area contributed by atoms with Crippen molar-refractivity contribution in [3.63, 3.8) is 0 Å². The number of hydrogen-bond acceptors (Lipinski definition) is 5. The minimum absolute atomic E-state index is 0.404. The molecule has 3 amide bonds. The lowest BCUT2D eigenvalue weighted by atomic mass is 10.1. The molecular formula is C19H19ClN2O5. The number of halogens is 1. The summed E-state index contributed by atoms with van der Waals surface area (Å²) in [5.74, 6) is -1.05. The number of carbonyl (C=O) groups excluding carboxylic acids is 3. The topological polar surface area (TPSA) is 93.7 Å². The number of esters is 1. The summed E-state index contributed by atoms with van der Waals surface area (Å²) in [5.41, 5.74) is 1.18. The Kier molecular flexibility index (Phi) is 7.19. The van der Waals surface area contributed by atoms with E-state index in [4.69, 9.17) is 21.1 Å². The van der Waals surface area contributed by atoms with Crippen molar-refractivity contribution in [1.29, 1.82) is 0 Å². The van der Waals surface area contributed by atoms with Gasteiger partial charge in [0.2, 0.25) is 6.10 Å². The zero-order valence-corrected chi connectivity index (χ0v) is 15.6. The highest BCUT2D eigenvalue weighted by Gasteiger charge is 2.26. The van der Waals surface area contributed by atoms with Crippen molar-refractivity contribution in [2.24, 2.45) is 0 Å². The molecule has 0 aromatic heterocycles. The normalized spacial score (nSPS) is 11.2. The molecule has 2 rings (SSSR count). The fraction of sp³-hybridized carbons (Fsp3) is 0.211. The number of hydrogen-bond donors (Lipinski definition) is 2. The lowest BCUT2D eigenvalue weighted by Gasteiger charge is -2.18. The Balaban J connectivity index is 2.06. The van der Waals surface area contributed by atoms with E-state index in [1.54, 1.807) is 55.5 Å². The van der Waals surface area contributed by atoms with Gasteiger partial charge in [0.25, 0.3) is 5.91 Å². The average Bonchev–Trinajstić information content (AvgIpc) is 2.65. The Morgan fingerprint density at radius 3 is 2.44 bits per heavy atom. The Morgan fingerprint density at radius 1 is 1.11 bits per heavy atom. The summed E-state index contributed by atoms with van der Waals surface area (Å²) in [6.45, 7) is 1.38. The van der Waals surface area contributed by atoms with Gasteiger partial charge in [-0.15, -0.1) is 0 Å². The highest BCUT2D eigenvalue weighted by molar-refractivity contribution is 6.30. The van der Waals surface area contributed by atoms with Gasteiger partial charge in [0, 0.05) is 17.6 Å². The zero-order valence-electron chi connectivity index (χ0n) is 14.8. The van der Waals surface area contributed by atoms with Gasteiger partial charge in [-0.3, -0.25) is 10.1 Å². The fourth-order valence-corrected chi connectivity index (χ4v) is 2.44. The van der Waals surface area contributed by atoms with E-state index in [2.05, 4.69) is 10.6 Å². The van der Waals surface area contributed by atoms with Crippen molar-refractivity contribution in [1.82, 2.24) is 10.6 Å². The maximum absolute atomic E-state index is 12.3. The Labute approximate surface area is 161 Å². The molecule has 0 fully saturated rings. The summed E-state index contributed by atoms with van der Waals surface area (Å²) in [4.78, 5) is 35.9.